The molecule has 3 heteroatoms. The Kier molecular flexibility index (Phi) is 4.44. The number of fused-ring (bicyclic) bond motifs is 7. The van der Waals surface area contributed by atoms with E-state index in [2.05, 4.69) is 106 Å². The number of aromatic nitrogens is 3. The molecule has 0 unspecified atom stereocenters. The summed E-state index contributed by atoms with van der Waals surface area (Å²) in [6, 6.07) is 29.9. The van der Waals surface area contributed by atoms with Gasteiger partial charge in [0.2, 0.25) is 0 Å². The summed E-state index contributed by atoms with van der Waals surface area (Å²) in [4.78, 5) is 0. The van der Waals surface area contributed by atoms with Crippen LogP contribution in [0.3, 0.4) is 0 Å². The lowest BCUT2D eigenvalue weighted by Gasteiger charge is -2.10. The van der Waals surface area contributed by atoms with Gasteiger partial charge in [0, 0.05) is 16.3 Å². The Morgan fingerprint density at radius 2 is 1.37 bits per heavy atom. The molecular formula is C27H23N3. The van der Waals surface area contributed by atoms with E-state index >= 15 is 0 Å². The van der Waals surface area contributed by atoms with Crippen molar-refractivity contribution in [3.63, 3.8) is 0 Å². The summed E-state index contributed by atoms with van der Waals surface area (Å²) in [6.07, 6.45) is 0. The zero-order valence-electron chi connectivity index (χ0n) is 17.4. The van der Waals surface area contributed by atoms with Gasteiger partial charge in [-0.3, -0.25) is 4.40 Å². The van der Waals surface area contributed by atoms with Gasteiger partial charge in [0.1, 0.15) is 0 Å². The van der Waals surface area contributed by atoms with Crippen molar-refractivity contribution in [1.82, 2.24) is 14.6 Å². The smallest absolute Gasteiger partial charge is 0.169 e. The Bertz CT molecular complexity index is 1530. The molecule has 0 atom stereocenters. The van der Waals surface area contributed by atoms with Gasteiger partial charge >= 0.3 is 0 Å². The Morgan fingerprint density at radius 3 is 2.20 bits per heavy atom. The third kappa shape index (κ3) is 2.74. The van der Waals surface area contributed by atoms with E-state index in [1.54, 1.807) is 0 Å². The Labute approximate surface area is 175 Å². The Morgan fingerprint density at radius 1 is 0.633 bits per heavy atom. The average molecular weight is 390 g/mol. The van der Waals surface area contributed by atoms with Crippen LogP contribution in [0.25, 0.3) is 49.5 Å². The second-order valence-corrected chi connectivity index (χ2v) is 7.31. The van der Waals surface area contributed by atoms with Gasteiger partial charge in [-0.25, -0.2) is 0 Å². The van der Waals surface area contributed by atoms with Gasteiger partial charge in [0.15, 0.2) is 11.5 Å². The van der Waals surface area contributed by atoms with Gasteiger partial charge in [-0.05, 0) is 41.3 Å². The van der Waals surface area contributed by atoms with Crippen LogP contribution in [-0.2, 0) is 0 Å². The molecule has 0 saturated carbocycles. The highest BCUT2D eigenvalue weighted by Gasteiger charge is 2.15. The van der Waals surface area contributed by atoms with Crippen molar-refractivity contribution in [2.24, 2.45) is 0 Å². The molecule has 0 saturated heterocycles. The molecule has 0 amide bonds. The van der Waals surface area contributed by atoms with Crippen LogP contribution >= 0.6 is 0 Å². The van der Waals surface area contributed by atoms with Gasteiger partial charge in [-0.15, -0.1) is 10.2 Å². The summed E-state index contributed by atoms with van der Waals surface area (Å²) in [5.41, 5.74) is 4.35. The number of hydrogen-bond acceptors (Lipinski definition) is 2. The molecule has 0 N–H and O–H groups in total. The minimum absolute atomic E-state index is 0.875. The predicted molar refractivity (Wildman–Crippen MR) is 127 cm³/mol. The first-order chi connectivity index (χ1) is 14.8. The van der Waals surface area contributed by atoms with Gasteiger partial charge in [-0.2, -0.15) is 0 Å². The number of benzene rings is 4. The summed E-state index contributed by atoms with van der Waals surface area (Å²) in [7, 11) is 0. The molecule has 30 heavy (non-hydrogen) atoms. The molecule has 0 radical (unpaired) electrons. The first-order valence-corrected chi connectivity index (χ1v) is 10.4. The molecular weight excluding hydrogens is 366 g/mol. The number of pyridine rings is 1. The third-order valence-electron chi connectivity index (χ3n) is 5.52. The summed E-state index contributed by atoms with van der Waals surface area (Å²) in [5.74, 6) is 0.875. The van der Waals surface area contributed by atoms with E-state index in [4.69, 9.17) is 0 Å². The van der Waals surface area contributed by atoms with E-state index in [1.165, 1.54) is 27.1 Å². The lowest BCUT2D eigenvalue weighted by atomic mass is 10.0. The molecule has 6 aromatic rings. The molecule has 0 aliphatic rings. The van der Waals surface area contributed by atoms with Crippen molar-refractivity contribution >= 4 is 38.1 Å². The number of nitrogens with zero attached hydrogens (tertiary/aromatic N) is 3. The van der Waals surface area contributed by atoms with Gasteiger partial charge < -0.3 is 0 Å². The Hall–Kier alpha value is -3.72. The maximum atomic E-state index is 4.61. The van der Waals surface area contributed by atoms with Crippen molar-refractivity contribution in [2.45, 2.75) is 20.8 Å². The van der Waals surface area contributed by atoms with E-state index in [0.29, 0.717) is 0 Å². The Balaban J connectivity index is 0.000000937. The maximum absolute atomic E-state index is 4.61. The van der Waals surface area contributed by atoms with Crippen molar-refractivity contribution in [1.29, 1.82) is 0 Å². The molecule has 146 valence electrons. The summed E-state index contributed by atoms with van der Waals surface area (Å²) in [5, 5.41) is 15.2. The van der Waals surface area contributed by atoms with Crippen molar-refractivity contribution in [2.75, 3.05) is 0 Å². The molecule has 2 heterocycles. The minimum atomic E-state index is 0.875. The molecule has 0 fully saturated rings. The topological polar surface area (TPSA) is 30.2 Å². The molecule has 0 spiro atoms. The SMILES string of the molecule is CC.Cc1ccc2c(c1)c1ccccc1c1nnc(-c3ccc4ccccc4c3)n21. The van der Waals surface area contributed by atoms with Gasteiger partial charge in [0.25, 0.3) is 0 Å². The van der Waals surface area contributed by atoms with Gasteiger partial charge in [-0.1, -0.05) is 86.1 Å². The quantitative estimate of drug-likeness (QED) is 0.279. The predicted octanol–water partition coefficient (Wildman–Crippen LogP) is 7.19. The van der Waals surface area contributed by atoms with Crippen LogP contribution in [0, 0.1) is 6.92 Å². The summed E-state index contributed by atoms with van der Waals surface area (Å²) < 4.78 is 2.20. The van der Waals surface area contributed by atoms with Crippen LogP contribution in [0.2, 0.25) is 0 Å². The van der Waals surface area contributed by atoms with Crippen LogP contribution in [-0.4, -0.2) is 14.6 Å². The van der Waals surface area contributed by atoms with E-state index in [1.807, 2.05) is 13.8 Å². The second-order valence-electron chi connectivity index (χ2n) is 7.31. The largest absolute Gasteiger partial charge is 0.274 e. The van der Waals surface area contributed by atoms with E-state index in [0.717, 1.165) is 27.9 Å². The van der Waals surface area contributed by atoms with Gasteiger partial charge in [0.05, 0.1) is 5.52 Å². The molecule has 0 aliphatic carbocycles. The highest BCUT2D eigenvalue weighted by atomic mass is 15.2. The minimum Gasteiger partial charge on any atom is -0.274 e. The van der Waals surface area contributed by atoms with Crippen LogP contribution in [0.5, 0.6) is 0 Å². The molecule has 0 bridgehead atoms. The zero-order valence-corrected chi connectivity index (χ0v) is 17.4. The first-order valence-electron chi connectivity index (χ1n) is 10.4. The average Bonchev–Trinajstić information content (AvgIpc) is 3.26. The maximum Gasteiger partial charge on any atom is 0.169 e. The number of hydrogen-bond donors (Lipinski definition) is 0. The fourth-order valence-corrected chi connectivity index (χ4v) is 4.18. The zero-order chi connectivity index (χ0) is 20.7. The van der Waals surface area contributed by atoms with Crippen molar-refractivity contribution in [3.05, 3.63) is 90.5 Å². The van der Waals surface area contributed by atoms with Crippen LogP contribution in [0.4, 0.5) is 0 Å². The third-order valence-corrected chi connectivity index (χ3v) is 5.52. The van der Waals surface area contributed by atoms with E-state index < -0.39 is 0 Å². The molecule has 2 aromatic heterocycles. The normalized spacial score (nSPS) is 11.2. The summed E-state index contributed by atoms with van der Waals surface area (Å²) in [6.45, 7) is 6.13. The lowest BCUT2D eigenvalue weighted by molar-refractivity contribution is 1.12. The van der Waals surface area contributed by atoms with Crippen molar-refractivity contribution < 1.29 is 0 Å². The number of aryl methyl sites for hydroxylation is 1. The second kappa shape index (κ2) is 7.27. The fourth-order valence-electron chi connectivity index (χ4n) is 4.18. The summed E-state index contributed by atoms with van der Waals surface area (Å²) >= 11 is 0. The van der Waals surface area contributed by atoms with Crippen LogP contribution in [0.15, 0.2) is 84.9 Å². The fraction of sp³-hybridized carbons (Fsp3) is 0.111. The van der Waals surface area contributed by atoms with E-state index in [9.17, 15) is 0 Å². The lowest BCUT2D eigenvalue weighted by Crippen LogP contribution is -1.94. The highest BCUT2D eigenvalue weighted by Crippen LogP contribution is 2.33. The molecule has 0 aliphatic heterocycles. The highest BCUT2D eigenvalue weighted by molar-refractivity contribution is 6.12. The molecule has 3 nitrogen and oxygen atoms in total. The molecule has 4 aromatic carbocycles. The standard InChI is InChI=1S/C25H17N3.C2H6/c1-16-10-13-23-22(14-16)20-8-4-5-9-21(20)25-27-26-24(28(23)25)19-12-11-17-6-2-3-7-18(17)15-19;1-2/h2-15H,1H3;1-2H3. The molecule has 6 rings (SSSR count). The first kappa shape index (κ1) is 18.3. The number of rotatable bonds is 1. The monoisotopic (exact) mass is 389 g/mol. The van der Waals surface area contributed by atoms with Crippen LogP contribution in [0.1, 0.15) is 19.4 Å². The van der Waals surface area contributed by atoms with Crippen LogP contribution < -0.4 is 0 Å². The van der Waals surface area contributed by atoms with E-state index in [-0.39, 0.29) is 0 Å². The van der Waals surface area contributed by atoms with Crippen molar-refractivity contribution in [3.8, 4) is 11.4 Å².